The van der Waals surface area contributed by atoms with Crippen molar-refractivity contribution in [1.82, 2.24) is 10.2 Å². The summed E-state index contributed by atoms with van der Waals surface area (Å²) in [5.74, 6) is 0.799. The van der Waals surface area contributed by atoms with Gasteiger partial charge in [0.2, 0.25) is 0 Å². The molecule has 0 aromatic rings. The first-order chi connectivity index (χ1) is 7.66. The number of rotatable bonds is 3. The summed E-state index contributed by atoms with van der Waals surface area (Å²) in [6.45, 7) is 19.9. The van der Waals surface area contributed by atoms with Gasteiger partial charge in [-0.2, -0.15) is 0 Å². The van der Waals surface area contributed by atoms with Crippen LogP contribution in [0, 0.1) is 11.3 Å². The van der Waals surface area contributed by atoms with Crippen molar-refractivity contribution in [3.63, 3.8) is 0 Å². The lowest BCUT2D eigenvalue weighted by Crippen LogP contribution is -2.65. The Morgan fingerprint density at radius 1 is 1.35 bits per heavy atom. The Hall–Kier alpha value is -0.0800. The minimum atomic E-state index is 0.297. The maximum absolute atomic E-state index is 3.73. The van der Waals surface area contributed by atoms with Gasteiger partial charge < -0.3 is 5.32 Å². The minimum absolute atomic E-state index is 0.297. The summed E-state index contributed by atoms with van der Waals surface area (Å²) in [5.41, 5.74) is 0.648. The van der Waals surface area contributed by atoms with Crippen LogP contribution in [0.15, 0.2) is 0 Å². The number of piperazine rings is 1. The quantitative estimate of drug-likeness (QED) is 0.815. The van der Waals surface area contributed by atoms with E-state index in [9.17, 15) is 0 Å². The second kappa shape index (κ2) is 5.27. The molecule has 0 aliphatic carbocycles. The smallest absolute Gasteiger partial charge is 0.0278 e. The Bertz CT molecular complexity index is 240. The zero-order valence-electron chi connectivity index (χ0n) is 12.9. The number of hydrogen-bond donors (Lipinski definition) is 1. The van der Waals surface area contributed by atoms with Gasteiger partial charge in [-0.3, -0.25) is 4.90 Å². The largest absolute Gasteiger partial charge is 0.310 e. The summed E-state index contributed by atoms with van der Waals surface area (Å²) < 4.78 is 0. The zero-order valence-corrected chi connectivity index (χ0v) is 12.9. The molecule has 0 bridgehead atoms. The topological polar surface area (TPSA) is 15.3 Å². The van der Waals surface area contributed by atoms with Crippen molar-refractivity contribution in [1.29, 1.82) is 0 Å². The van der Waals surface area contributed by atoms with Gasteiger partial charge in [-0.1, -0.05) is 41.0 Å². The summed E-state index contributed by atoms with van der Waals surface area (Å²) in [7, 11) is 0. The minimum Gasteiger partial charge on any atom is -0.310 e. The predicted octanol–water partition coefficient (Wildman–Crippen LogP) is 3.13. The van der Waals surface area contributed by atoms with Crippen LogP contribution < -0.4 is 5.32 Å². The second-order valence-corrected chi connectivity index (χ2v) is 7.53. The number of nitrogens with one attached hydrogen (secondary N) is 1. The van der Waals surface area contributed by atoms with Crippen LogP contribution in [0.3, 0.4) is 0 Å². The highest BCUT2D eigenvalue weighted by atomic mass is 15.3. The lowest BCUT2D eigenvalue weighted by Gasteiger charge is -2.50. The van der Waals surface area contributed by atoms with Crippen molar-refractivity contribution in [2.24, 2.45) is 11.3 Å². The van der Waals surface area contributed by atoms with Gasteiger partial charge in [0.15, 0.2) is 0 Å². The van der Waals surface area contributed by atoms with Gasteiger partial charge in [0.1, 0.15) is 0 Å². The highest BCUT2D eigenvalue weighted by molar-refractivity contribution is 4.96. The second-order valence-electron chi connectivity index (χ2n) is 7.53. The van der Waals surface area contributed by atoms with E-state index in [0.717, 1.165) is 12.5 Å². The van der Waals surface area contributed by atoms with Crippen LogP contribution in [0.5, 0.6) is 0 Å². The van der Waals surface area contributed by atoms with Crippen molar-refractivity contribution in [2.75, 3.05) is 19.6 Å². The molecule has 2 heteroatoms. The third kappa shape index (κ3) is 3.96. The highest BCUT2D eigenvalue weighted by Gasteiger charge is 2.38. The van der Waals surface area contributed by atoms with Crippen LogP contribution in [-0.4, -0.2) is 36.1 Å². The first kappa shape index (κ1) is 15.0. The van der Waals surface area contributed by atoms with E-state index in [1.54, 1.807) is 0 Å². The normalized spacial score (nSPS) is 28.1. The lowest BCUT2D eigenvalue weighted by atomic mass is 9.82. The van der Waals surface area contributed by atoms with E-state index in [1.165, 1.54) is 19.5 Å². The lowest BCUT2D eigenvalue weighted by molar-refractivity contribution is 0.0253. The number of nitrogens with zero attached hydrogens (tertiary/aromatic N) is 1. The average Bonchev–Trinajstić information content (AvgIpc) is 2.19. The maximum atomic E-state index is 3.73. The fraction of sp³-hybridized carbons (Fsp3) is 1.00. The Balaban J connectivity index is 2.69. The van der Waals surface area contributed by atoms with Crippen LogP contribution in [0.25, 0.3) is 0 Å². The van der Waals surface area contributed by atoms with Crippen LogP contribution in [0.4, 0.5) is 0 Å². The molecule has 1 heterocycles. The number of hydrogen-bond acceptors (Lipinski definition) is 2. The molecule has 0 spiro atoms. The molecule has 1 aliphatic heterocycles. The molecule has 2 unspecified atom stereocenters. The summed E-state index contributed by atoms with van der Waals surface area (Å²) >= 11 is 0. The molecule has 0 aromatic heterocycles. The van der Waals surface area contributed by atoms with E-state index >= 15 is 0 Å². The molecule has 17 heavy (non-hydrogen) atoms. The predicted molar refractivity (Wildman–Crippen MR) is 76.4 cm³/mol. The molecule has 1 fully saturated rings. The van der Waals surface area contributed by atoms with Crippen LogP contribution in [-0.2, 0) is 0 Å². The van der Waals surface area contributed by atoms with Crippen LogP contribution in [0.2, 0.25) is 0 Å². The standard InChI is InChI=1S/C15H32N2/c1-8-12(2)9-17-10-13(14(3,4)5)16-11-15(17,6)7/h12-13,16H,8-11H2,1-7H3. The van der Waals surface area contributed by atoms with Gasteiger partial charge in [0.25, 0.3) is 0 Å². The average molecular weight is 240 g/mol. The molecule has 0 amide bonds. The fourth-order valence-electron chi connectivity index (χ4n) is 2.42. The summed E-state index contributed by atoms with van der Waals surface area (Å²) in [4.78, 5) is 2.69. The highest BCUT2D eigenvalue weighted by Crippen LogP contribution is 2.28. The summed E-state index contributed by atoms with van der Waals surface area (Å²) in [6, 6.07) is 0.611. The van der Waals surface area contributed by atoms with Crippen LogP contribution >= 0.6 is 0 Å². The van der Waals surface area contributed by atoms with Crippen molar-refractivity contribution in [3.8, 4) is 0 Å². The Labute approximate surface area is 108 Å². The molecule has 0 aromatic carbocycles. The van der Waals surface area contributed by atoms with Crippen molar-refractivity contribution in [3.05, 3.63) is 0 Å². The molecule has 1 rings (SSSR count). The van der Waals surface area contributed by atoms with Gasteiger partial charge in [0, 0.05) is 31.2 Å². The zero-order chi connectivity index (χ0) is 13.3. The van der Waals surface area contributed by atoms with Crippen molar-refractivity contribution >= 4 is 0 Å². The molecule has 1 N–H and O–H groups in total. The fourth-order valence-corrected chi connectivity index (χ4v) is 2.42. The SMILES string of the molecule is CCC(C)CN1CC(C(C)(C)C)NCC1(C)C. The van der Waals surface area contributed by atoms with Crippen molar-refractivity contribution in [2.45, 2.75) is 66.5 Å². The van der Waals surface area contributed by atoms with Gasteiger partial charge in [0.05, 0.1) is 0 Å². The first-order valence-corrected chi connectivity index (χ1v) is 7.15. The molecule has 102 valence electrons. The van der Waals surface area contributed by atoms with Gasteiger partial charge in [-0.25, -0.2) is 0 Å². The molecule has 2 atom stereocenters. The molecular formula is C15H32N2. The van der Waals surface area contributed by atoms with E-state index in [0.29, 0.717) is 17.0 Å². The molecule has 1 saturated heterocycles. The van der Waals surface area contributed by atoms with Crippen molar-refractivity contribution < 1.29 is 0 Å². The van der Waals surface area contributed by atoms with Gasteiger partial charge in [-0.05, 0) is 25.2 Å². The van der Waals surface area contributed by atoms with Crippen LogP contribution in [0.1, 0.15) is 54.9 Å². The Morgan fingerprint density at radius 2 is 1.94 bits per heavy atom. The van der Waals surface area contributed by atoms with E-state index in [1.807, 2.05) is 0 Å². The van der Waals surface area contributed by atoms with Gasteiger partial charge >= 0.3 is 0 Å². The molecular weight excluding hydrogens is 208 g/mol. The molecule has 0 saturated carbocycles. The Kier molecular flexibility index (Phi) is 4.65. The van der Waals surface area contributed by atoms with E-state index < -0.39 is 0 Å². The molecule has 0 radical (unpaired) electrons. The first-order valence-electron chi connectivity index (χ1n) is 7.15. The third-order valence-electron chi connectivity index (χ3n) is 4.31. The van der Waals surface area contributed by atoms with E-state index in [4.69, 9.17) is 0 Å². The molecule has 2 nitrogen and oxygen atoms in total. The maximum Gasteiger partial charge on any atom is 0.0278 e. The monoisotopic (exact) mass is 240 g/mol. The third-order valence-corrected chi connectivity index (χ3v) is 4.31. The summed E-state index contributed by atoms with van der Waals surface area (Å²) in [6.07, 6.45) is 1.28. The summed E-state index contributed by atoms with van der Waals surface area (Å²) in [5, 5.41) is 3.73. The Morgan fingerprint density at radius 3 is 2.41 bits per heavy atom. The van der Waals surface area contributed by atoms with E-state index in [2.05, 4.69) is 58.7 Å². The van der Waals surface area contributed by atoms with Gasteiger partial charge in [-0.15, -0.1) is 0 Å². The molecule has 1 aliphatic rings. The van der Waals surface area contributed by atoms with E-state index in [-0.39, 0.29) is 0 Å².